The molecule has 0 unspecified atom stereocenters. The Morgan fingerprint density at radius 1 is 1.41 bits per heavy atom. The predicted molar refractivity (Wildman–Crippen MR) is 78.7 cm³/mol. The molecule has 1 aromatic rings. The smallest absolute Gasteiger partial charge is 0.278 e. The quantitative estimate of drug-likeness (QED) is 0.548. The monoisotopic (exact) mass is 302 g/mol. The molecular weight excluding hydrogens is 286 g/mol. The number of aldehydes is 1. The van der Waals surface area contributed by atoms with Gasteiger partial charge in [0, 0.05) is 0 Å². The second-order valence-electron chi connectivity index (χ2n) is 4.92. The summed E-state index contributed by atoms with van der Waals surface area (Å²) in [6.45, 7) is 1.29. The molecule has 1 amide bonds. The number of aliphatic hydroxyl groups excluding tert-OH is 1. The summed E-state index contributed by atoms with van der Waals surface area (Å²) in [5, 5.41) is 20.6. The molecule has 0 spiro atoms. The Bertz CT molecular complexity index is 635. The standard InChI is InChI=1S/C15H17N3O4/c1-9(20)13(16)14-17-12(15(22)18(14)6-7-19)8-10-2-4-11(21)5-3-10/h2-5,7-9,13,20-21H,6,16H2,1H3/p-1/b12-8+/t9-,13+/m1/s1. The highest BCUT2D eigenvalue weighted by Crippen LogP contribution is 2.20. The van der Waals surface area contributed by atoms with Gasteiger partial charge in [-0.3, -0.25) is 9.69 Å². The van der Waals surface area contributed by atoms with Crippen molar-refractivity contribution in [1.29, 1.82) is 0 Å². The van der Waals surface area contributed by atoms with Gasteiger partial charge in [-0.25, -0.2) is 4.99 Å². The molecule has 0 bridgehead atoms. The van der Waals surface area contributed by atoms with E-state index >= 15 is 0 Å². The van der Waals surface area contributed by atoms with Crippen LogP contribution in [0.2, 0.25) is 0 Å². The maximum absolute atomic E-state index is 12.3. The van der Waals surface area contributed by atoms with Crippen LogP contribution in [-0.2, 0) is 9.59 Å². The summed E-state index contributed by atoms with van der Waals surface area (Å²) in [4.78, 5) is 28.3. The average Bonchev–Trinajstić information content (AvgIpc) is 2.78. The fourth-order valence-corrected chi connectivity index (χ4v) is 2.01. The van der Waals surface area contributed by atoms with Crippen molar-refractivity contribution in [3.05, 3.63) is 35.5 Å². The summed E-state index contributed by atoms with van der Waals surface area (Å²) in [6.07, 6.45) is 1.15. The van der Waals surface area contributed by atoms with Crippen LogP contribution in [0.5, 0.6) is 5.75 Å². The Morgan fingerprint density at radius 3 is 2.59 bits per heavy atom. The molecule has 1 aromatic carbocycles. The van der Waals surface area contributed by atoms with Crippen LogP contribution >= 0.6 is 0 Å². The van der Waals surface area contributed by atoms with Crippen LogP contribution in [0.4, 0.5) is 0 Å². The Morgan fingerprint density at radius 2 is 2.05 bits per heavy atom. The van der Waals surface area contributed by atoms with E-state index in [2.05, 4.69) is 4.99 Å². The number of hydrogen-bond acceptors (Lipinski definition) is 6. The van der Waals surface area contributed by atoms with Gasteiger partial charge in [0.15, 0.2) is 0 Å². The maximum Gasteiger partial charge on any atom is 0.278 e. The van der Waals surface area contributed by atoms with Gasteiger partial charge < -0.3 is 20.7 Å². The third kappa shape index (κ3) is 3.21. The first kappa shape index (κ1) is 15.9. The number of hydrogen-bond donors (Lipinski definition) is 2. The molecule has 2 atom stereocenters. The summed E-state index contributed by atoms with van der Waals surface area (Å²) in [6, 6.07) is 5.00. The molecule has 7 heteroatoms. The predicted octanol–water partition coefficient (Wildman–Crippen LogP) is -0.751. The van der Waals surface area contributed by atoms with Gasteiger partial charge in [0.2, 0.25) is 0 Å². The average molecular weight is 302 g/mol. The number of nitrogens with two attached hydrogens (primary N) is 1. The van der Waals surface area contributed by atoms with E-state index in [0.717, 1.165) is 4.90 Å². The molecule has 3 N–H and O–H groups in total. The van der Waals surface area contributed by atoms with Crippen LogP contribution in [0.15, 0.2) is 35.0 Å². The number of benzene rings is 1. The van der Waals surface area contributed by atoms with Gasteiger partial charge in [-0.1, -0.05) is 24.3 Å². The van der Waals surface area contributed by atoms with Gasteiger partial charge in [-0.05, 0) is 18.6 Å². The van der Waals surface area contributed by atoms with E-state index in [1.807, 2.05) is 0 Å². The number of aliphatic imine (C=N–C) groups is 1. The Kier molecular flexibility index (Phi) is 4.69. The lowest BCUT2D eigenvalue weighted by atomic mass is 10.1. The zero-order valence-corrected chi connectivity index (χ0v) is 12.0. The third-order valence-corrected chi connectivity index (χ3v) is 3.23. The second-order valence-corrected chi connectivity index (χ2v) is 4.92. The fraction of sp³-hybridized carbons (Fsp3) is 0.267. The van der Waals surface area contributed by atoms with Crippen molar-refractivity contribution in [2.45, 2.75) is 19.1 Å². The van der Waals surface area contributed by atoms with E-state index in [-0.39, 0.29) is 23.8 Å². The molecule has 0 radical (unpaired) electrons. The molecule has 22 heavy (non-hydrogen) atoms. The Labute approximate surface area is 127 Å². The van der Waals surface area contributed by atoms with Crippen molar-refractivity contribution in [1.82, 2.24) is 4.90 Å². The van der Waals surface area contributed by atoms with Gasteiger partial charge in [0.1, 0.15) is 17.8 Å². The van der Waals surface area contributed by atoms with Gasteiger partial charge >= 0.3 is 0 Å². The van der Waals surface area contributed by atoms with Crippen molar-refractivity contribution in [2.75, 3.05) is 6.54 Å². The van der Waals surface area contributed by atoms with Gasteiger partial charge in [0.25, 0.3) is 5.91 Å². The van der Waals surface area contributed by atoms with Crippen molar-refractivity contribution < 1.29 is 19.8 Å². The molecule has 116 valence electrons. The number of nitrogens with zero attached hydrogens (tertiary/aromatic N) is 2. The number of amidine groups is 1. The Hall–Kier alpha value is -2.51. The van der Waals surface area contributed by atoms with Crippen molar-refractivity contribution >= 4 is 24.1 Å². The van der Waals surface area contributed by atoms with Crippen LogP contribution < -0.4 is 10.8 Å². The summed E-state index contributed by atoms with van der Waals surface area (Å²) >= 11 is 0. The van der Waals surface area contributed by atoms with Crippen LogP contribution in [0.25, 0.3) is 6.08 Å². The number of rotatable bonds is 5. The van der Waals surface area contributed by atoms with E-state index < -0.39 is 18.1 Å². The summed E-state index contributed by atoms with van der Waals surface area (Å²) in [5.74, 6) is -0.453. The fourth-order valence-electron chi connectivity index (χ4n) is 2.01. The second kappa shape index (κ2) is 6.50. The maximum atomic E-state index is 12.3. The molecule has 0 aromatic heterocycles. The third-order valence-electron chi connectivity index (χ3n) is 3.23. The first-order chi connectivity index (χ1) is 10.4. The zero-order valence-electron chi connectivity index (χ0n) is 12.0. The highest BCUT2D eigenvalue weighted by Gasteiger charge is 2.34. The van der Waals surface area contributed by atoms with E-state index in [4.69, 9.17) is 5.73 Å². The van der Waals surface area contributed by atoms with Crippen LogP contribution in [-0.4, -0.2) is 46.7 Å². The molecule has 2 rings (SSSR count). The lowest BCUT2D eigenvalue weighted by molar-refractivity contribution is -0.268. The first-order valence-electron chi connectivity index (χ1n) is 6.70. The summed E-state index contributed by atoms with van der Waals surface area (Å²) < 4.78 is 0. The first-order valence-corrected chi connectivity index (χ1v) is 6.70. The highest BCUT2D eigenvalue weighted by molar-refractivity contribution is 6.16. The summed E-state index contributed by atoms with van der Waals surface area (Å²) in [5.41, 5.74) is 6.55. The van der Waals surface area contributed by atoms with Crippen molar-refractivity contribution in [3.63, 3.8) is 0 Å². The zero-order chi connectivity index (χ0) is 16.3. The molecule has 1 heterocycles. The van der Waals surface area contributed by atoms with Crippen LogP contribution in [0.1, 0.15) is 12.5 Å². The molecule has 0 saturated heterocycles. The minimum atomic E-state index is -0.917. The minimum Gasteiger partial charge on any atom is -0.872 e. The molecular formula is C15H16N3O4-. The molecule has 0 fully saturated rings. The SMILES string of the molecule is C[C@@H](O)[C@H](N)C1=N/C(=C/c2ccc([O-])cc2)C(=O)N1CC=O. The van der Waals surface area contributed by atoms with Gasteiger partial charge in [-0.2, -0.15) is 0 Å². The number of carbonyl (C=O) groups excluding carboxylic acids is 2. The van der Waals surface area contributed by atoms with Crippen molar-refractivity contribution in [2.24, 2.45) is 10.7 Å². The molecule has 1 aliphatic heterocycles. The summed E-state index contributed by atoms with van der Waals surface area (Å²) in [7, 11) is 0. The number of amides is 1. The highest BCUT2D eigenvalue weighted by atomic mass is 16.3. The number of aliphatic hydroxyl groups is 1. The van der Waals surface area contributed by atoms with Crippen molar-refractivity contribution in [3.8, 4) is 5.75 Å². The van der Waals surface area contributed by atoms with E-state index in [0.29, 0.717) is 11.8 Å². The van der Waals surface area contributed by atoms with Gasteiger partial charge in [0.05, 0.1) is 18.7 Å². The van der Waals surface area contributed by atoms with Crippen LogP contribution in [0.3, 0.4) is 0 Å². The largest absolute Gasteiger partial charge is 0.872 e. The molecule has 0 aliphatic carbocycles. The Balaban J connectivity index is 2.37. The lowest BCUT2D eigenvalue weighted by Gasteiger charge is -2.21. The van der Waals surface area contributed by atoms with E-state index in [1.54, 1.807) is 12.1 Å². The molecule has 0 saturated carbocycles. The van der Waals surface area contributed by atoms with Crippen LogP contribution in [0, 0.1) is 0 Å². The lowest BCUT2D eigenvalue weighted by Crippen LogP contribution is -2.49. The molecule has 1 aliphatic rings. The minimum absolute atomic E-state index is 0.103. The van der Waals surface area contributed by atoms with E-state index in [9.17, 15) is 19.8 Å². The normalized spacial score (nSPS) is 19.2. The number of carbonyl (C=O) groups is 2. The molecule has 7 nitrogen and oxygen atoms in total. The topological polar surface area (TPSA) is 119 Å². The van der Waals surface area contributed by atoms with Gasteiger partial charge in [-0.15, -0.1) is 5.75 Å². The van der Waals surface area contributed by atoms with E-state index in [1.165, 1.54) is 25.1 Å².